The van der Waals surface area contributed by atoms with Gasteiger partial charge in [-0.25, -0.2) is 17.9 Å². The van der Waals surface area contributed by atoms with Crippen LogP contribution in [0.2, 0.25) is 0 Å². The molecule has 0 saturated heterocycles. The summed E-state index contributed by atoms with van der Waals surface area (Å²) in [7, 11) is -2.28. The fraction of sp³-hybridized carbons (Fsp3) is 0.429. The van der Waals surface area contributed by atoms with Crippen molar-refractivity contribution in [2.75, 3.05) is 7.05 Å². The van der Waals surface area contributed by atoms with E-state index in [0.29, 0.717) is 6.42 Å². The minimum absolute atomic E-state index is 0.0310. The molecule has 0 radical (unpaired) electrons. The number of amides is 1. The molecule has 0 aromatic heterocycles. The highest BCUT2D eigenvalue weighted by molar-refractivity contribution is 7.89. The van der Waals surface area contributed by atoms with Gasteiger partial charge in [-0.15, -0.1) is 0 Å². The summed E-state index contributed by atoms with van der Waals surface area (Å²) in [6.45, 7) is 3.72. The molecule has 3 N–H and O–H groups in total. The molecular weight excluding hydrogens is 308 g/mol. The summed E-state index contributed by atoms with van der Waals surface area (Å²) in [4.78, 5) is 23.2. The summed E-state index contributed by atoms with van der Waals surface area (Å²) < 4.78 is 25.3. The number of aliphatic carboxylic acids is 1. The van der Waals surface area contributed by atoms with Crippen LogP contribution in [0.15, 0.2) is 29.2 Å². The van der Waals surface area contributed by atoms with E-state index in [1.165, 1.54) is 31.3 Å². The van der Waals surface area contributed by atoms with Crippen LogP contribution < -0.4 is 10.0 Å². The van der Waals surface area contributed by atoms with Crippen LogP contribution in [0.5, 0.6) is 0 Å². The van der Waals surface area contributed by atoms with Crippen LogP contribution in [0.25, 0.3) is 0 Å². The van der Waals surface area contributed by atoms with E-state index in [-0.39, 0.29) is 16.4 Å². The Morgan fingerprint density at radius 1 is 1.18 bits per heavy atom. The van der Waals surface area contributed by atoms with Crippen LogP contribution in [-0.2, 0) is 14.8 Å². The van der Waals surface area contributed by atoms with Crippen LogP contribution in [0.4, 0.5) is 0 Å². The molecule has 0 aliphatic carbocycles. The largest absolute Gasteiger partial charge is 0.480 e. The summed E-state index contributed by atoms with van der Waals surface area (Å²) in [5, 5.41) is 11.5. The summed E-state index contributed by atoms with van der Waals surface area (Å²) in [5.41, 5.74) is 0.199. The van der Waals surface area contributed by atoms with E-state index in [2.05, 4.69) is 10.0 Å². The first-order valence-corrected chi connectivity index (χ1v) is 8.23. The normalized spacial score (nSPS) is 12.9. The first-order chi connectivity index (χ1) is 10.2. The quantitative estimate of drug-likeness (QED) is 0.686. The summed E-state index contributed by atoms with van der Waals surface area (Å²) in [6.07, 6.45) is 0.313. The number of hydrogen-bond acceptors (Lipinski definition) is 4. The van der Waals surface area contributed by atoms with Crippen LogP contribution >= 0.6 is 0 Å². The van der Waals surface area contributed by atoms with Crippen molar-refractivity contribution >= 4 is 21.9 Å². The minimum atomic E-state index is -3.57. The molecule has 1 rings (SSSR count). The molecule has 1 aromatic rings. The van der Waals surface area contributed by atoms with Gasteiger partial charge in [0.25, 0.3) is 5.91 Å². The predicted molar refractivity (Wildman–Crippen MR) is 81.0 cm³/mol. The van der Waals surface area contributed by atoms with Gasteiger partial charge in [0.15, 0.2) is 0 Å². The Balaban J connectivity index is 2.88. The molecule has 1 atom stereocenters. The van der Waals surface area contributed by atoms with Gasteiger partial charge < -0.3 is 10.4 Å². The second kappa shape index (κ2) is 7.37. The Morgan fingerprint density at radius 2 is 1.73 bits per heavy atom. The number of carbonyl (C=O) groups excluding carboxylic acids is 1. The Hall–Kier alpha value is -1.93. The lowest BCUT2D eigenvalue weighted by molar-refractivity contribution is -0.139. The maximum Gasteiger partial charge on any atom is 0.326 e. The third-order valence-corrected chi connectivity index (χ3v) is 4.44. The maximum atomic E-state index is 12.0. The molecule has 22 heavy (non-hydrogen) atoms. The Morgan fingerprint density at radius 3 is 2.14 bits per heavy atom. The average molecular weight is 328 g/mol. The van der Waals surface area contributed by atoms with Crippen molar-refractivity contribution in [3.05, 3.63) is 29.8 Å². The predicted octanol–water partition coefficient (Wildman–Crippen LogP) is 0.824. The van der Waals surface area contributed by atoms with Crippen molar-refractivity contribution < 1.29 is 23.1 Å². The third-order valence-electron chi connectivity index (χ3n) is 3.01. The Kier molecular flexibility index (Phi) is 6.07. The van der Waals surface area contributed by atoms with Gasteiger partial charge in [0.2, 0.25) is 10.0 Å². The van der Waals surface area contributed by atoms with E-state index in [0.717, 1.165) is 0 Å². The molecule has 0 aliphatic heterocycles. The van der Waals surface area contributed by atoms with Gasteiger partial charge in [0, 0.05) is 5.56 Å². The topological polar surface area (TPSA) is 113 Å². The lowest BCUT2D eigenvalue weighted by Gasteiger charge is -2.16. The van der Waals surface area contributed by atoms with Crippen LogP contribution in [0.1, 0.15) is 30.6 Å². The lowest BCUT2D eigenvalue weighted by atomic mass is 10.0. The molecule has 0 aliphatic rings. The third kappa shape index (κ3) is 4.81. The van der Waals surface area contributed by atoms with Crippen molar-refractivity contribution in [2.45, 2.75) is 31.2 Å². The molecule has 0 spiro atoms. The second-order valence-electron chi connectivity index (χ2n) is 5.23. The molecule has 7 nitrogen and oxygen atoms in total. The first kappa shape index (κ1) is 18.1. The maximum absolute atomic E-state index is 12.0. The Bertz CT molecular complexity index is 638. The van der Waals surface area contributed by atoms with Gasteiger partial charge in [-0.2, -0.15) is 0 Å². The summed E-state index contributed by atoms with van der Waals surface area (Å²) >= 11 is 0. The molecule has 1 aromatic carbocycles. The van der Waals surface area contributed by atoms with Crippen LogP contribution in [-0.4, -0.2) is 38.5 Å². The first-order valence-electron chi connectivity index (χ1n) is 6.74. The fourth-order valence-corrected chi connectivity index (χ4v) is 2.57. The standard InChI is InChI=1S/C14H20N2O5S/c1-9(2)8-12(14(18)19)16-13(17)10-4-6-11(7-5-10)22(20,21)15-3/h4-7,9,12,15H,8H2,1-3H3,(H,16,17)(H,18,19)/t12-/m0/s1. The summed E-state index contributed by atoms with van der Waals surface area (Å²) in [6, 6.07) is 4.29. The smallest absolute Gasteiger partial charge is 0.326 e. The van der Waals surface area contributed by atoms with E-state index >= 15 is 0 Å². The lowest BCUT2D eigenvalue weighted by Crippen LogP contribution is -2.41. The van der Waals surface area contributed by atoms with Crippen molar-refractivity contribution in [3.8, 4) is 0 Å². The number of carboxylic acid groups (broad SMARTS) is 1. The highest BCUT2D eigenvalue weighted by atomic mass is 32.2. The monoisotopic (exact) mass is 328 g/mol. The van der Waals surface area contributed by atoms with Crippen molar-refractivity contribution in [1.29, 1.82) is 0 Å². The number of hydrogen-bond donors (Lipinski definition) is 3. The molecule has 0 bridgehead atoms. The van der Waals surface area contributed by atoms with E-state index < -0.39 is 27.9 Å². The molecule has 0 unspecified atom stereocenters. The Labute approximate surface area is 129 Å². The van der Waals surface area contributed by atoms with Gasteiger partial charge in [0.1, 0.15) is 6.04 Å². The molecule has 0 fully saturated rings. The van der Waals surface area contributed by atoms with Gasteiger partial charge >= 0.3 is 5.97 Å². The molecule has 122 valence electrons. The molecule has 0 heterocycles. The van der Waals surface area contributed by atoms with Crippen molar-refractivity contribution in [1.82, 2.24) is 10.0 Å². The van der Waals surface area contributed by atoms with Crippen molar-refractivity contribution in [3.63, 3.8) is 0 Å². The summed E-state index contributed by atoms with van der Waals surface area (Å²) in [5.74, 6) is -1.54. The highest BCUT2D eigenvalue weighted by Gasteiger charge is 2.22. The number of nitrogens with one attached hydrogen (secondary N) is 2. The second-order valence-corrected chi connectivity index (χ2v) is 7.11. The van der Waals surface area contributed by atoms with E-state index in [9.17, 15) is 18.0 Å². The molecular formula is C14H20N2O5S. The minimum Gasteiger partial charge on any atom is -0.480 e. The van der Waals surface area contributed by atoms with Crippen LogP contribution in [0.3, 0.4) is 0 Å². The van der Waals surface area contributed by atoms with Gasteiger partial charge in [-0.05, 0) is 43.7 Å². The van der Waals surface area contributed by atoms with E-state index in [1.54, 1.807) is 0 Å². The zero-order valence-corrected chi connectivity index (χ0v) is 13.5. The van der Waals surface area contributed by atoms with Gasteiger partial charge in [-0.1, -0.05) is 13.8 Å². The SMILES string of the molecule is CNS(=O)(=O)c1ccc(C(=O)N[C@@H](CC(C)C)C(=O)O)cc1. The number of rotatable bonds is 7. The number of carboxylic acids is 1. The van der Waals surface area contributed by atoms with Gasteiger partial charge in [0.05, 0.1) is 4.90 Å². The highest BCUT2D eigenvalue weighted by Crippen LogP contribution is 2.11. The number of sulfonamides is 1. The average Bonchev–Trinajstić information content (AvgIpc) is 2.46. The number of benzene rings is 1. The fourth-order valence-electron chi connectivity index (χ4n) is 1.84. The van der Waals surface area contributed by atoms with E-state index in [4.69, 9.17) is 5.11 Å². The zero-order valence-electron chi connectivity index (χ0n) is 12.7. The number of carbonyl (C=O) groups is 2. The molecule has 1 amide bonds. The van der Waals surface area contributed by atoms with Gasteiger partial charge in [-0.3, -0.25) is 4.79 Å². The van der Waals surface area contributed by atoms with E-state index in [1.807, 2.05) is 13.8 Å². The molecule has 8 heteroatoms. The van der Waals surface area contributed by atoms with Crippen molar-refractivity contribution in [2.24, 2.45) is 5.92 Å². The van der Waals surface area contributed by atoms with Crippen LogP contribution in [0, 0.1) is 5.92 Å². The molecule has 0 saturated carbocycles. The zero-order chi connectivity index (χ0) is 16.9.